The maximum Gasteiger partial charge on any atom is 0.246 e. The average Bonchev–Trinajstić information content (AvgIpc) is 2.11. The highest BCUT2D eigenvalue weighted by Gasteiger charge is 2.41. The van der Waals surface area contributed by atoms with Gasteiger partial charge in [-0.05, 0) is 12.8 Å². The van der Waals surface area contributed by atoms with E-state index in [0.29, 0.717) is 0 Å². The standard InChI is InChI=1S/C10H18N2O2/c1-6(2)8-10(14)11(4)7(3)9(13)12(8)5/h6-8H,1-5H3/t7-,8-/m0/s1. The molecular formula is C10H18N2O2. The molecule has 80 valence electrons. The number of carbonyl (C=O) groups excluding carboxylic acids is 2. The van der Waals surface area contributed by atoms with E-state index >= 15 is 0 Å². The van der Waals surface area contributed by atoms with Crippen LogP contribution in [0, 0.1) is 5.92 Å². The lowest BCUT2D eigenvalue weighted by atomic mass is 9.97. The predicted molar refractivity (Wildman–Crippen MR) is 53.6 cm³/mol. The number of hydrogen-bond acceptors (Lipinski definition) is 2. The van der Waals surface area contributed by atoms with Gasteiger partial charge in [-0.25, -0.2) is 0 Å². The number of rotatable bonds is 1. The Morgan fingerprint density at radius 2 is 1.57 bits per heavy atom. The van der Waals surface area contributed by atoms with Gasteiger partial charge in [-0.3, -0.25) is 9.59 Å². The van der Waals surface area contributed by atoms with Crippen LogP contribution in [-0.2, 0) is 9.59 Å². The summed E-state index contributed by atoms with van der Waals surface area (Å²) in [5.74, 6) is 0.215. The zero-order valence-corrected chi connectivity index (χ0v) is 9.44. The minimum atomic E-state index is -0.331. The first-order chi connectivity index (χ1) is 6.37. The topological polar surface area (TPSA) is 40.6 Å². The van der Waals surface area contributed by atoms with Crippen LogP contribution in [0.3, 0.4) is 0 Å². The van der Waals surface area contributed by atoms with E-state index in [4.69, 9.17) is 0 Å². The molecule has 1 fully saturated rings. The summed E-state index contributed by atoms with van der Waals surface area (Å²) in [5, 5.41) is 0. The molecule has 0 unspecified atom stereocenters. The third-order valence-electron chi connectivity index (χ3n) is 2.94. The molecule has 0 spiro atoms. The molecule has 0 radical (unpaired) electrons. The van der Waals surface area contributed by atoms with Crippen LogP contribution in [0.4, 0.5) is 0 Å². The van der Waals surface area contributed by atoms with Crippen molar-refractivity contribution in [3.63, 3.8) is 0 Å². The van der Waals surface area contributed by atoms with Gasteiger partial charge in [0.2, 0.25) is 11.8 Å². The third kappa shape index (κ3) is 1.49. The van der Waals surface area contributed by atoms with Crippen LogP contribution in [0.15, 0.2) is 0 Å². The highest BCUT2D eigenvalue weighted by atomic mass is 16.2. The van der Waals surface area contributed by atoms with Gasteiger partial charge in [0.15, 0.2) is 0 Å². The van der Waals surface area contributed by atoms with E-state index in [1.807, 2.05) is 13.8 Å². The number of carbonyl (C=O) groups is 2. The molecule has 1 heterocycles. The van der Waals surface area contributed by atoms with E-state index in [1.54, 1.807) is 25.9 Å². The minimum absolute atomic E-state index is 0.0193. The highest BCUT2D eigenvalue weighted by Crippen LogP contribution is 2.20. The second-order valence-electron chi connectivity index (χ2n) is 4.26. The number of hydrogen-bond donors (Lipinski definition) is 0. The lowest BCUT2D eigenvalue weighted by molar-refractivity contribution is -0.159. The summed E-state index contributed by atoms with van der Waals surface area (Å²) < 4.78 is 0. The van der Waals surface area contributed by atoms with E-state index in [2.05, 4.69) is 0 Å². The molecule has 2 atom stereocenters. The van der Waals surface area contributed by atoms with Crippen molar-refractivity contribution in [2.45, 2.75) is 32.9 Å². The Morgan fingerprint density at radius 1 is 1.07 bits per heavy atom. The molecule has 4 nitrogen and oxygen atoms in total. The first-order valence-corrected chi connectivity index (χ1v) is 4.91. The maximum atomic E-state index is 11.9. The summed E-state index contributed by atoms with van der Waals surface area (Å²) in [6.45, 7) is 5.67. The third-order valence-corrected chi connectivity index (χ3v) is 2.94. The number of piperazine rings is 1. The van der Waals surface area contributed by atoms with Gasteiger partial charge in [0.25, 0.3) is 0 Å². The predicted octanol–water partition coefficient (Wildman–Crippen LogP) is 0.330. The van der Waals surface area contributed by atoms with Crippen molar-refractivity contribution >= 4 is 11.8 Å². The zero-order chi connectivity index (χ0) is 11.0. The molecule has 2 amide bonds. The number of amides is 2. The molecule has 0 aromatic heterocycles. The van der Waals surface area contributed by atoms with Gasteiger partial charge in [0.05, 0.1) is 0 Å². The Balaban J connectivity index is 2.98. The van der Waals surface area contributed by atoms with Gasteiger partial charge in [0.1, 0.15) is 12.1 Å². The lowest BCUT2D eigenvalue weighted by Crippen LogP contribution is -2.62. The fourth-order valence-corrected chi connectivity index (χ4v) is 1.89. The average molecular weight is 198 g/mol. The molecule has 0 N–H and O–H groups in total. The Kier molecular flexibility index (Phi) is 2.83. The molecule has 0 aromatic carbocycles. The summed E-state index contributed by atoms with van der Waals surface area (Å²) in [6.07, 6.45) is 0. The van der Waals surface area contributed by atoms with Crippen LogP contribution in [-0.4, -0.2) is 47.8 Å². The van der Waals surface area contributed by atoms with Gasteiger partial charge >= 0.3 is 0 Å². The summed E-state index contributed by atoms with van der Waals surface area (Å²) in [7, 11) is 3.39. The van der Waals surface area contributed by atoms with Crippen molar-refractivity contribution in [1.29, 1.82) is 0 Å². The fourth-order valence-electron chi connectivity index (χ4n) is 1.89. The van der Waals surface area contributed by atoms with E-state index in [0.717, 1.165) is 0 Å². The monoisotopic (exact) mass is 198 g/mol. The van der Waals surface area contributed by atoms with Crippen molar-refractivity contribution in [2.24, 2.45) is 5.92 Å². The van der Waals surface area contributed by atoms with Crippen LogP contribution >= 0.6 is 0 Å². The fraction of sp³-hybridized carbons (Fsp3) is 0.800. The van der Waals surface area contributed by atoms with Crippen LogP contribution in [0.1, 0.15) is 20.8 Å². The molecule has 1 rings (SSSR count). The normalized spacial score (nSPS) is 29.0. The van der Waals surface area contributed by atoms with Crippen LogP contribution in [0.2, 0.25) is 0 Å². The first-order valence-electron chi connectivity index (χ1n) is 4.91. The minimum Gasteiger partial charge on any atom is -0.332 e. The molecule has 0 aliphatic carbocycles. The highest BCUT2D eigenvalue weighted by molar-refractivity contribution is 5.96. The Morgan fingerprint density at radius 3 is 2.00 bits per heavy atom. The van der Waals surface area contributed by atoms with Gasteiger partial charge in [0, 0.05) is 14.1 Å². The summed E-state index contributed by atoms with van der Waals surface area (Å²) in [5.41, 5.74) is 0. The van der Waals surface area contributed by atoms with Crippen molar-refractivity contribution in [1.82, 2.24) is 9.80 Å². The van der Waals surface area contributed by atoms with Crippen molar-refractivity contribution in [3.05, 3.63) is 0 Å². The lowest BCUT2D eigenvalue weighted by Gasteiger charge is -2.42. The maximum absolute atomic E-state index is 11.9. The summed E-state index contributed by atoms with van der Waals surface area (Å²) in [6, 6.07) is -0.633. The van der Waals surface area contributed by atoms with Gasteiger partial charge in [-0.2, -0.15) is 0 Å². The molecular weight excluding hydrogens is 180 g/mol. The molecule has 14 heavy (non-hydrogen) atoms. The zero-order valence-electron chi connectivity index (χ0n) is 9.44. The van der Waals surface area contributed by atoms with Crippen molar-refractivity contribution in [3.8, 4) is 0 Å². The van der Waals surface area contributed by atoms with E-state index in [-0.39, 0.29) is 29.8 Å². The molecule has 4 heteroatoms. The quantitative estimate of drug-likeness (QED) is 0.609. The van der Waals surface area contributed by atoms with Crippen molar-refractivity contribution < 1.29 is 9.59 Å². The molecule has 0 aromatic rings. The molecule has 1 saturated heterocycles. The van der Waals surface area contributed by atoms with Gasteiger partial charge < -0.3 is 9.80 Å². The second-order valence-corrected chi connectivity index (χ2v) is 4.26. The molecule has 0 saturated carbocycles. The van der Waals surface area contributed by atoms with E-state index in [9.17, 15) is 9.59 Å². The Bertz CT molecular complexity index is 263. The Labute approximate surface area is 84.9 Å². The largest absolute Gasteiger partial charge is 0.332 e. The van der Waals surface area contributed by atoms with Crippen LogP contribution in [0.25, 0.3) is 0 Å². The Hall–Kier alpha value is -1.06. The number of likely N-dealkylation sites (N-methyl/N-ethyl adjacent to an activating group) is 2. The van der Waals surface area contributed by atoms with Crippen LogP contribution < -0.4 is 0 Å². The molecule has 1 aliphatic heterocycles. The van der Waals surface area contributed by atoms with Crippen LogP contribution in [0.5, 0.6) is 0 Å². The van der Waals surface area contributed by atoms with E-state index in [1.165, 1.54) is 4.90 Å². The summed E-state index contributed by atoms with van der Waals surface area (Å²) in [4.78, 5) is 26.7. The second kappa shape index (κ2) is 3.59. The van der Waals surface area contributed by atoms with Gasteiger partial charge in [-0.15, -0.1) is 0 Å². The number of nitrogens with zero attached hydrogens (tertiary/aromatic N) is 2. The van der Waals surface area contributed by atoms with E-state index < -0.39 is 0 Å². The molecule has 1 aliphatic rings. The SMILES string of the molecule is CC(C)[C@H]1C(=O)N(C)[C@@H](C)C(=O)N1C. The smallest absolute Gasteiger partial charge is 0.246 e. The van der Waals surface area contributed by atoms with Crippen molar-refractivity contribution in [2.75, 3.05) is 14.1 Å². The molecule has 0 bridgehead atoms. The first kappa shape index (κ1) is 11.0. The summed E-state index contributed by atoms with van der Waals surface area (Å²) >= 11 is 0. The van der Waals surface area contributed by atoms with Gasteiger partial charge in [-0.1, -0.05) is 13.8 Å².